The fourth-order valence-electron chi connectivity index (χ4n) is 2.98. The van der Waals surface area contributed by atoms with Gasteiger partial charge in [-0.15, -0.1) is 11.3 Å². The molecule has 4 rings (SSSR count). The molecule has 0 spiro atoms. The molecule has 0 atom stereocenters. The highest BCUT2D eigenvalue weighted by molar-refractivity contribution is 7.11. The van der Waals surface area contributed by atoms with Crippen LogP contribution in [-0.2, 0) is 9.59 Å². The monoisotopic (exact) mass is 428 g/mol. The van der Waals surface area contributed by atoms with Crippen LogP contribution in [0.3, 0.4) is 0 Å². The maximum atomic E-state index is 13.2. The average molecular weight is 429 g/mol. The lowest BCUT2D eigenvalue weighted by Crippen LogP contribution is -2.32. The molecule has 0 radical (unpaired) electrons. The molecule has 0 unspecified atom stereocenters. The zero-order valence-electron chi connectivity index (χ0n) is 14.7. The second kappa shape index (κ2) is 7.43. The summed E-state index contributed by atoms with van der Waals surface area (Å²) in [6, 6.07) is 15.6. The van der Waals surface area contributed by atoms with E-state index < -0.39 is 5.91 Å². The number of carbonyl (C=O) groups excluding carboxylic acids is 2. The number of anilines is 2. The van der Waals surface area contributed by atoms with Gasteiger partial charge in [0, 0.05) is 20.6 Å². The predicted molar refractivity (Wildman–Crippen MR) is 115 cm³/mol. The minimum atomic E-state index is -0.421. The summed E-state index contributed by atoms with van der Waals surface area (Å²) in [7, 11) is 0. The van der Waals surface area contributed by atoms with Gasteiger partial charge in [-0.3, -0.25) is 9.59 Å². The highest BCUT2D eigenvalue weighted by Gasteiger charge is 2.40. The summed E-state index contributed by atoms with van der Waals surface area (Å²) >= 11 is 13.5. The lowest BCUT2D eigenvalue weighted by Gasteiger charge is -2.16. The van der Waals surface area contributed by atoms with E-state index >= 15 is 0 Å². The summed E-state index contributed by atoms with van der Waals surface area (Å²) in [5.41, 5.74) is 2.62. The van der Waals surface area contributed by atoms with Crippen molar-refractivity contribution in [2.75, 3.05) is 10.2 Å². The SMILES string of the molecule is Cc1ccc(Cl)cc1NC1=C(c2cccs2)C(=O)N(c2ccc(Cl)cc2)C1=O. The zero-order chi connectivity index (χ0) is 19.8. The third kappa shape index (κ3) is 3.33. The van der Waals surface area contributed by atoms with E-state index in [9.17, 15) is 9.59 Å². The van der Waals surface area contributed by atoms with E-state index in [0.29, 0.717) is 27.0 Å². The standard InChI is InChI=1S/C21H14Cl2N2O2S/c1-12-4-5-14(23)11-16(12)24-19-18(17-3-2-10-28-17)20(26)25(21(19)27)15-8-6-13(22)7-9-15/h2-11,24H,1H3. The number of imide groups is 1. The number of halogens is 2. The van der Waals surface area contributed by atoms with Crippen molar-refractivity contribution < 1.29 is 9.59 Å². The van der Waals surface area contributed by atoms with Crippen LogP contribution < -0.4 is 10.2 Å². The molecule has 0 fully saturated rings. The largest absolute Gasteiger partial charge is 0.350 e. The number of nitrogens with one attached hydrogen (secondary N) is 1. The second-order valence-electron chi connectivity index (χ2n) is 6.23. The number of thiophene rings is 1. The van der Waals surface area contributed by atoms with Crippen molar-refractivity contribution in [2.24, 2.45) is 0 Å². The van der Waals surface area contributed by atoms with Gasteiger partial charge < -0.3 is 5.32 Å². The molecule has 4 nitrogen and oxygen atoms in total. The number of carbonyl (C=O) groups is 2. The molecule has 2 heterocycles. The summed E-state index contributed by atoms with van der Waals surface area (Å²) in [5.74, 6) is -0.799. The third-order valence-corrected chi connectivity index (χ3v) is 5.77. The second-order valence-corrected chi connectivity index (χ2v) is 8.05. The fourth-order valence-corrected chi connectivity index (χ4v) is 4.05. The van der Waals surface area contributed by atoms with Gasteiger partial charge in [-0.05, 0) is 60.3 Å². The lowest BCUT2D eigenvalue weighted by atomic mass is 10.1. The quantitative estimate of drug-likeness (QED) is 0.537. The number of hydrogen-bond acceptors (Lipinski definition) is 4. The van der Waals surface area contributed by atoms with E-state index in [0.717, 1.165) is 15.3 Å². The fraction of sp³-hybridized carbons (Fsp3) is 0.0476. The van der Waals surface area contributed by atoms with E-state index in [2.05, 4.69) is 5.32 Å². The van der Waals surface area contributed by atoms with Crippen molar-refractivity contribution in [3.63, 3.8) is 0 Å². The van der Waals surface area contributed by atoms with Crippen LogP contribution in [-0.4, -0.2) is 11.8 Å². The normalized spacial score (nSPS) is 14.2. The molecule has 7 heteroatoms. The van der Waals surface area contributed by atoms with Crippen LogP contribution in [0.15, 0.2) is 65.7 Å². The zero-order valence-corrected chi connectivity index (χ0v) is 17.0. The van der Waals surface area contributed by atoms with Crippen molar-refractivity contribution in [3.05, 3.63) is 86.2 Å². The van der Waals surface area contributed by atoms with Gasteiger partial charge in [-0.2, -0.15) is 0 Å². The maximum absolute atomic E-state index is 13.2. The van der Waals surface area contributed by atoms with Gasteiger partial charge in [0.25, 0.3) is 11.8 Å². The van der Waals surface area contributed by atoms with Crippen molar-refractivity contribution in [3.8, 4) is 0 Å². The van der Waals surface area contributed by atoms with Gasteiger partial charge in [0.2, 0.25) is 0 Å². The van der Waals surface area contributed by atoms with Crippen molar-refractivity contribution in [1.29, 1.82) is 0 Å². The molecule has 140 valence electrons. The Labute approximate surface area is 176 Å². The molecule has 0 saturated carbocycles. The van der Waals surface area contributed by atoms with Crippen LogP contribution in [0.2, 0.25) is 10.0 Å². The molecule has 2 amide bonds. The summed E-state index contributed by atoms with van der Waals surface area (Å²) in [6.45, 7) is 1.91. The van der Waals surface area contributed by atoms with Crippen LogP contribution >= 0.6 is 34.5 Å². The molecule has 1 aromatic heterocycles. The van der Waals surface area contributed by atoms with Gasteiger partial charge >= 0.3 is 0 Å². The topological polar surface area (TPSA) is 49.4 Å². The first-order chi connectivity index (χ1) is 13.5. The highest BCUT2D eigenvalue weighted by atomic mass is 35.5. The Kier molecular flexibility index (Phi) is 4.98. The van der Waals surface area contributed by atoms with E-state index in [1.54, 1.807) is 36.4 Å². The molecule has 3 aromatic rings. The maximum Gasteiger partial charge on any atom is 0.282 e. The van der Waals surface area contributed by atoms with Gasteiger partial charge in [-0.1, -0.05) is 35.3 Å². The number of hydrogen-bond donors (Lipinski definition) is 1. The lowest BCUT2D eigenvalue weighted by molar-refractivity contribution is -0.120. The average Bonchev–Trinajstić information content (AvgIpc) is 3.27. The number of amides is 2. The number of nitrogens with zero attached hydrogens (tertiary/aromatic N) is 1. The summed E-state index contributed by atoms with van der Waals surface area (Å²) in [4.78, 5) is 28.3. The first kappa shape index (κ1) is 18.7. The van der Waals surface area contributed by atoms with Crippen molar-refractivity contribution in [2.45, 2.75) is 6.92 Å². The number of aryl methyl sites for hydroxylation is 1. The molecule has 0 aliphatic carbocycles. The van der Waals surface area contributed by atoms with Crippen LogP contribution in [0.25, 0.3) is 5.57 Å². The van der Waals surface area contributed by atoms with Crippen LogP contribution in [0.4, 0.5) is 11.4 Å². The van der Waals surface area contributed by atoms with E-state index in [-0.39, 0.29) is 11.6 Å². The van der Waals surface area contributed by atoms with Crippen molar-refractivity contribution >= 4 is 63.3 Å². The summed E-state index contributed by atoms with van der Waals surface area (Å²) < 4.78 is 0. The molecular formula is C21H14Cl2N2O2S. The minimum absolute atomic E-state index is 0.229. The van der Waals surface area contributed by atoms with Gasteiger partial charge in [0.05, 0.1) is 11.3 Å². The van der Waals surface area contributed by atoms with E-state index in [1.807, 2.05) is 30.5 Å². The van der Waals surface area contributed by atoms with Gasteiger partial charge in [0.1, 0.15) is 5.70 Å². The summed E-state index contributed by atoms with van der Waals surface area (Å²) in [6.07, 6.45) is 0. The third-order valence-electron chi connectivity index (χ3n) is 4.40. The Hall–Kier alpha value is -2.60. The first-order valence-corrected chi connectivity index (χ1v) is 10.0. The number of benzene rings is 2. The van der Waals surface area contributed by atoms with Gasteiger partial charge in [0.15, 0.2) is 0 Å². The molecule has 1 aliphatic rings. The Balaban J connectivity index is 1.81. The Bertz CT molecular complexity index is 1110. The molecular weight excluding hydrogens is 415 g/mol. The highest BCUT2D eigenvalue weighted by Crippen LogP contribution is 2.36. The Morgan fingerprint density at radius 2 is 1.64 bits per heavy atom. The molecule has 28 heavy (non-hydrogen) atoms. The van der Waals surface area contributed by atoms with Crippen LogP contribution in [0.1, 0.15) is 10.4 Å². The molecule has 0 bridgehead atoms. The van der Waals surface area contributed by atoms with Crippen molar-refractivity contribution in [1.82, 2.24) is 0 Å². The molecule has 2 aromatic carbocycles. The molecule has 0 saturated heterocycles. The minimum Gasteiger partial charge on any atom is -0.350 e. The Morgan fingerprint density at radius 3 is 2.32 bits per heavy atom. The summed E-state index contributed by atoms with van der Waals surface area (Å²) in [5, 5.41) is 6.08. The smallest absolute Gasteiger partial charge is 0.282 e. The molecule has 1 N–H and O–H groups in total. The van der Waals surface area contributed by atoms with E-state index in [4.69, 9.17) is 23.2 Å². The Morgan fingerprint density at radius 1 is 0.929 bits per heavy atom. The van der Waals surface area contributed by atoms with E-state index in [1.165, 1.54) is 11.3 Å². The van der Waals surface area contributed by atoms with Crippen LogP contribution in [0, 0.1) is 6.92 Å². The first-order valence-electron chi connectivity index (χ1n) is 8.41. The molecule has 1 aliphatic heterocycles. The van der Waals surface area contributed by atoms with Crippen LogP contribution in [0.5, 0.6) is 0 Å². The number of rotatable bonds is 4. The predicted octanol–water partition coefficient (Wildman–Crippen LogP) is 5.76. The van der Waals surface area contributed by atoms with Gasteiger partial charge in [-0.25, -0.2) is 4.90 Å².